The molecule has 0 heterocycles. The van der Waals surface area contributed by atoms with Crippen molar-refractivity contribution >= 4 is 0 Å². The van der Waals surface area contributed by atoms with E-state index in [2.05, 4.69) is 0 Å². The van der Waals surface area contributed by atoms with Crippen LogP contribution in [0.1, 0.15) is 0 Å². The topological polar surface area (TPSA) is 85.5 Å². The van der Waals surface area contributed by atoms with Crippen LogP contribution in [0.3, 0.4) is 0 Å². The van der Waals surface area contributed by atoms with Gasteiger partial charge in [0.25, 0.3) is 0 Å². The Kier molecular flexibility index (Phi) is 1260. The van der Waals surface area contributed by atoms with Gasteiger partial charge in [0.1, 0.15) is 0 Å². The van der Waals surface area contributed by atoms with Crippen LogP contribution >= 0.6 is 0 Å². The van der Waals surface area contributed by atoms with Crippen LogP contribution in [0.2, 0.25) is 0 Å². The fourth-order valence-electron chi connectivity index (χ4n) is 0. The number of rotatable bonds is 0. The van der Waals surface area contributed by atoms with Crippen molar-refractivity contribution in [1.82, 2.24) is 0 Å². The predicted octanol–water partition coefficient (Wildman–Crippen LogP) is -0.361. The van der Waals surface area contributed by atoms with Gasteiger partial charge in [0.05, 0.1) is 0 Å². The molecule has 5 heteroatoms. The summed E-state index contributed by atoms with van der Waals surface area (Å²) in [5.74, 6) is 0. The minimum absolute atomic E-state index is 0. The van der Waals surface area contributed by atoms with E-state index in [-0.39, 0.29) is 59.2 Å². The summed E-state index contributed by atoms with van der Waals surface area (Å²) < 4.78 is 0. The normalized spacial score (nSPS) is 0. The molecular formula is O3PtTi. The predicted molar refractivity (Wildman–Crippen MR) is 2.06 cm³/mol. The van der Waals surface area contributed by atoms with Crippen molar-refractivity contribution in [3.63, 3.8) is 0 Å². The molecule has 0 amide bonds. The Morgan fingerprint density at radius 1 is 0.600 bits per heavy atom. The smallest absolute Gasteiger partial charge is 2.00 e. The first-order valence-electron chi connectivity index (χ1n) is 0. The Hall–Kier alpha value is 1.28. The molecule has 0 bridgehead atoms. The first-order valence-corrected chi connectivity index (χ1v) is 0. The van der Waals surface area contributed by atoms with Crippen molar-refractivity contribution in [2.45, 2.75) is 0 Å². The summed E-state index contributed by atoms with van der Waals surface area (Å²) in [6.07, 6.45) is 0. The Bertz CT molecular complexity index is 6.85. The van der Waals surface area contributed by atoms with E-state index in [9.17, 15) is 0 Å². The quantitative estimate of drug-likeness (QED) is 0.546. The molecule has 0 aliphatic heterocycles. The summed E-state index contributed by atoms with van der Waals surface area (Å²) in [5, 5.41) is 0. The van der Waals surface area contributed by atoms with Gasteiger partial charge in [-0.15, -0.1) is 0 Å². The maximum absolute atomic E-state index is 0. The van der Waals surface area contributed by atoms with Gasteiger partial charge < -0.3 is 16.4 Å². The second-order valence-corrected chi connectivity index (χ2v) is 0. The fraction of sp³-hybridized carbons (Fsp3) is 0. The number of hydrogen-bond acceptors (Lipinski definition) is 0. The zero-order valence-electron chi connectivity index (χ0n) is 2.04. The van der Waals surface area contributed by atoms with Crippen LogP contribution < -0.4 is 0 Å². The molecule has 0 radical (unpaired) electrons. The average Bonchev–Trinajstić information content (AvgIpc) is 0. The molecular weight excluding hydrogens is 291 g/mol. The Labute approximate surface area is 59.2 Å². The summed E-state index contributed by atoms with van der Waals surface area (Å²) in [6, 6.07) is 0. The Morgan fingerprint density at radius 3 is 0.600 bits per heavy atom. The molecule has 0 N–H and O–H groups in total. The molecule has 0 aromatic rings. The molecule has 0 atom stereocenters. The van der Waals surface area contributed by atoms with Crippen molar-refractivity contribution in [2.24, 2.45) is 0 Å². The summed E-state index contributed by atoms with van der Waals surface area (Å²) in [4.78, 5) is 0. The minimum atomic E-state index is 0. The van der Waals surface area contributed by atoms with Crippen LogP contribution in [0.5, 0.6) is 0 Å². The first-order chi connectivity index (χ1) is 0. The minimum Gasteiger partial charge on any atom is -2.00 e. The molecule has 0 saturated carbocycles. The van der Waals surface area contributed by atoms with E-state index >= 15 is 0 Å². The molecule has 0 saturated heterocycles. The summed E-state index contributed by atoms with van der Waals surface area (Å²) >= 11 is 0. The molecule has 3 nitrogen and oxygen atoms in total. The van der Waals surface area contributed by atoms with Crippen molar-refractivity contribution < 1.29 is 59.2 Å². The fourth-order valence-corrected chi connectivity index (χ4v) is 0. The first kappa shape index (κ1) is 107. The zero-order chi connectivity index (χ0) is 0. The third kappa shape index (κ3) is 34.6. The summed E-state index contributed by atoms with van der Waals surface area (Å²) in [7, 11) is 0. The molecule has 0 unspecified atom stereocenters. The van der Waals surface area contributed by atoms with Gasteiger partial charge >= 0.3 is 42.8 Å². The van der Waals surface area contributed by atoms with Crippen LogP contribution in [0, 0.1) is 0 Å². The van der Waals surface area contributed by atoms with E-state index in [1.807, 2.05) is 0 Å². The Morgan fingerprint density at radius 2 is 0.600 bits per heavy atom. The zero-order valence-corrected chi connectivity index (χ0v) is 5.87. The Balaban J connectivity index is 0. The summed E-state index contributed by atoms with van der Waals surface area (Å²) in [6.45, 7) is 0. The van der Waals surface area contributed by atoms with E-state index in [1.54, 1.807) is 0 Å². The maximum Gasteiger partial charge on any atom is 4.00 e. The van der Waals surface area contributed by atoms with Gasteiger partial charge in [-0.1, -0.05) is 0 Å². The number of hydrogen-bond donors (Lipinski definition) is 0. The second-order valence-electron chi connectivity index (χ2n) is 0. The van der Waals surface area contributed by atoms with E-state index in [0.29, 0.717) is 0 Å². The third-order valence-electron chi connectivity index (χ3n) is 0. The summed E-state index contributed by atoms with van der Waals surface area (Å²) in [5.41, 5.74) is 0. The largest absolute Gasteiger partial charge is 4.00 e. The average molecular weight is 291 g/mol. The van der Waals surface area contributed by atoms with Gasteiger partial charge in [-0.2, -0.15) is 0 Å². The van der Waals surface area contributed by atoms with Gasteiger partial charge in [-0.05, 0) is 0 Å². The third-order valence-corrected chi connectivity index (χ3v) is 0. The van der Waals surface area contributed by atoms with E-state index in [4.69, 9.17) is 0 Å². The van der Waals surface area contributed by atoms with E-state index in [0.717, 1.165) is 0 Å². The molecule has 0 aromatic heterocycles. The van der Waals surface area contributed by atoms with Gasteiger partial charge in [-0.25, -0.2) is 0 Å². The van der Waals surface area contributed by atoms with E-state index < -0.39 is 0 Å². The SMILES string of the molecule is [O-2].[O-2].[O-2].[Pt+2].[Ti+4]. The molecule has 0 aliphatic carbocycles. The van der Waals surface area contributed by atoms with Crippen LogP contribution in [-0.2, 0) is 59.2 Å². The molecule has 0 spiro atoms. The van der Waals surface area contributed by atoms with Gasteiger partial charge in [0, 0.05) is 0 Å². The van der Waals surface area contributed by atoms with Crippen molar-refractivity contribution in [1.29, 1.82) is 0 Å². The standard InChI is InChI=1S/3O.Pt.Ti/q3*-2;+2;+4. The van der Waals surface area contributed by atoms with Crippen molar-refractivity contribution in [2.75, 3.05) is 0 Å². The van der Waals surface area contributed by atoms with Crippen LogP contribution in [0.4, 0.5) is 0 Å². The van der Waals surface area contributed by atoms with Crippen LogP contribution in [-0.4, -0.2) is 0 Å². The van der Waals surface area contributed by atoms with Crippen LogP contribution in [0.25, 0.3) is 0 Å². The molecule has 32 valence electrons. The molecule has 0 fully saturated rings. The molecule has 0 aliphatic rings. The van der Waals surface area contributed by atoms with Crippen molar-refractivity contribution in [3.05, 3.63) is 0 Å². The van der Waals surface area contributed by atoms with E-state index in [1.165, 1.54) is 0 Å². The molecule has 5 heavy (non-hydrogen) atoms. The van der Waals surface area contributed by atoms with Gasteiger partial charge in [0.15, 0.2) is 0 Å². The van der Waals surface area contributed by atoms with Crippen LogP contribution in [0.15, 0.2) is 0 Å². The monoisotopic (exact) mass is 291 g/mol. The molecule has 0 rings (SSSR count). The second kappa shape index (κ2) is 58.9. The van der Waals surface area contributed by atoms with Gasteiger partial charge in [0.2, 0.25) is 0 Å². The van der Waals surface area contributed by atoms with Gasteiger partial charge in [-0.3, -0.25) is 0 Å². The van der Waals surface area contributed by atoms with Crippen molar-refractivity contribution in [3.8, 4) is 0 Å². The molecule has 0 aromatic carbocycles. The maximum atomic E-state index is 0.